The molecule has 0 aliphatic heterocycles. The number of benzene rings is 3. The predicted octanol–water partition coefficient (Wildman–Crippen LogP) is 1.98. The summed E-state index contributed by atoms with van der Waals surface area (Å²) in [5, 5.41) is 5.68. The molecule has 0 N–H and O–H groups in total. The van der Waals surface area contributed by atoms with Crippen LogP contribution in [0.1, 0.15) is 0 Å². The number of rotatable bonds is 0. The first-order valence-corrected chi connectivity index (χ1v) is 9.12. The van der Waals surface area contributed by atoms with Gasteiger partial charge in [-0.2, -0.15) is 0 Å². The van der Waals surface area contributed by atoms with E-state index in [4.69, 9.17) is 0 Å². The first kappa shape index (κ1) is 9.34. The van der Waals surface area contributed by atoms with E-state index in [2.05, 4.69) is 54.6 Å². The van der Waals surface area contributed by atoms with Crippen LogP contribution in [0.3, 0.4) is 0 Å². The van der Waals surface area contributed by atoms with Gasteiger partial charge in [-0.25, -0.2) is 0 Å². The molecular formula is C14H12Pb. The van der Waals surface area contributed by atoms with Crippen molar-refractivity contribution in [3.8, 4) is 0 Å². The molecule has 0 fully saturated rings. The minimum absolute atomic E-state index is 0.441. The van der Waals surface area contributed by atoms with Crippen LogP contribution in [0.2, 0.25) is 0 Å². The maximum atomic E-state index is 2.30. The van der Waals surface area contributed by atoms with E-state index in [-0.39, 0.29) is 0 Å². The molecule has 3 aromatic carbocycles. The van der Waals surface area contributed by atoms with Crippen molar-refractivity contribution in [2.45, 2.75) is 0 Å². The van der Waals surface area contributed by atoms with Crippen molar-refractivity contribution in [3.63, 3.8) is 0 Å². The SMILES string of the molecule is [PbH3][c]1c2ccccc2cc2ccccc12. The average Bonchev–Trinajstić information content (AvgIpc) is 2.30. The second-order valence-corrected chi connectivity index (χ2v) is 7.83. The van der Waals surface area contributed by atoms with Gasteiger partial charge in [0.2, 0.25) is 0 Å². The Morgan fingerprint density at radius 1 is 0.667 bits per heavy atom. The van der Waals surface area contributed by atoms with Gasteiger partial charge >= 0.3 is 105 Å². The Labute approximate surface area is 105 Å². The Hall–Kier alpha value is -0.898. The summed E-state index contributed by atoms with van der Waals surface area (Å²) in [5.74, 6) is 0. The Kier molecular flexibility index (Phi) is 2.24. The van der Waals surface area contributed by atoms with E-state index in [1.54, 1.807) is 3.12 Å². The maximum absolute atomic E-state index is 2.30. The van der Waals surface area contributed by atoms with Crippen LogP contribution >= 0.6 is 0 Å². The fraction of sp³-hybridized carbons (Fsp3) is 0. The van der Waals surface area contributed by atoms with Crippen molar-refractivity contribution in [3.05, 3.63) is 54.6 Å². The van der Waals surface area contributed by atoms with Crippen molar-refractivity contribution >= 4 is 50.4 Å². The molecule has 0 aromatic heterocycles. The standard InChI is InChI=1S/C14H9.Pb.3H/c1-2-6-12-10-14-8-4-3-7-13(14)9-11(12)5-1;;;;/h1-9H;;;;. The molecule has 1 heteroatoms. The molecule has 0 aliphatic carbocycles. The second-order valence-electron chi connectivity index (χ2n) is 3.94. The van der Waals surface area contributed by atoms with Gasteiger partial charge in [0.1, 0.15) is 0 Å². The first-order valence-electron chi connectivity index (χ1n) is 5.23. The van der Waals surface area contributed by atoms with Crippen LogP contribution in [0.4, 0.5) is 0 Å². The number of hydrogen-bond donors (Lipinski definition) is 0. The van der Waals surface area contributed by atoms with Gasteiger partial charge in [-0.05, 0) is 0 Å². The van der Waals surface area contributed by atoms with Crippen molar-refractivity contribution in [2.24, 2.45) is 0 Å². The number of hydrogen-bond acceptors (Lipinski definition) is 0. The zero-order valence-electron chi connectivity index (χ0n) is 8.70. The van der Waals surface area contributed by atoms with Gasteiger partial charge in [-0.1, -0.05) is 0 Å². The molecule has 3 rings (SSSR count). The zero-order valence-corrected chi connectivity index (χ0v) is 16.5. The molecule has 0 nitrogen and oxygen atoms in total. The topological polar surface area (TPSA) is 0 Å². The molecule has 0 saturated carbocycles. The van der Waals surface area contributed by atoms with E-state index >= 15 is 0 Å². The molecule has 0 unspecified atom stereocenters. The van der Waals surface area contributed by atoms with E-state index in [1.807, 2.05) is 0 Å². The van der Waals surface area contributed by atoms with Crippen LogP contribution < -0.4 is 3.12 Å². The van der Waals surface area contributed by atoms with E-state index in [0.29, 0.717) is 25.8 Å². The third kappa shape index (κ3) is 1.47. The predicted molar refractivity (Wildman–Crippen MR) is 71.0 cm³/mol. The normalized spacial score (nSPS) is 11.2. The molecule has 0 bridgehead atoms. The molecule has 15 heavy (non-hydrogen) atoms. The van der Waals surface area contributed by atoms with Crippen LogP contribution in [-0.2, 0) is 0 Å². The summed E-state index contributed by atoms with van der Waals surface area (Å²) >= 11 is 0.441. The number of fused-ring (bicyclic) bond motifs is 2. The molecule has 0 radical (unpaired) electrons. The molecule has 3 aromatic rings. The van der Waals surface area contributed by atoms with E-state index in [9.17, 15) is 0 Å². The summed E-state index contributed by atoms with van der Waals surface area (Å²) < 4.78 is 1.60. The van der Waals surface area contributed by atoms with Crippen molar-refractivity contribution in [2.75, 3.05) is 0 Å². The van der Waals surface area contributed by atoms with E-state index in [1.165, 1.54) is 21.5 Å². The summed E-state index contributed by atoms with van der Waals surface area (Å²) in [7, 11) is 0. The van der Waals surface area contributed by atoms with Crippen LogP contribution in [0.5, 0.6) is 0 Å². The van der Waals surface area contributed by atoms with Crippen LogP contribution in [0.15, 0.2) is 54.6 Å². The van der Waals surface area contributed by atoms with Crippen LogP contribution in [-0.4, -0.2) is 25.8 Å². The third-order valence-corrected chi connectivity index (χ3v) is 7.23. The van der Waals surface area contributed by atoms with Gasteiger partial charge in [0.05, 0.1) is 0 Å². The molecule has 0 saturated heterocycles. The Bertz CT molecular complexity index is 587. The minimum atomic E-state index is 0.441. The van der Waals surface area contributed by atoms with Crippen molar-refractivity contribution < 1.29 is 0 Å². The zero-order chi connectivity index (χ0) is 10.3. The Balaban J connectivity index is 2.60. The van der Waals surface area contributed by atoms with Gasteiger partial charge in [-0.3, -0.25) is 0 Å². The third-order valence-electron chi connectivity index (χ3n) is 3.04. The summed E-state index contributed by atoms with van der Waals surface area (Å²) in [6.07, 6.45) is 0. The fourth-order valence-corrected chi connectivity index (χ4v) is 5.78. The Morgan fingerprint density at radius 2 is 1.13 bits per heavy atom. The van der Waals surface area contributed by atoms with Gasteiger partial charge in [0, 0.05) is 0 Å². The molecule has 0 aliphatic rings. The summed E-state index contributed by atoms with van der Waals surface area (Å²) in [4.78, 5) is 0. The summed E-state index contributed by atoms with van der Waals surface area (Å²) in [6.45, 7) is 0. The van der Waals surface area contributed by atoms with E-state index in [0.717, 1.165) is 0 Å². The van der Waals surface area contributed by atoms with Crippen molar-refractivity contribution in [1.29, 1.82) is 0 Å². The monoisotopic (exact) mass is 388 g/mol. The Morgan fingerprint density at radius 3 is 1.67 bits per heavy atom. The molecule has 0 amide bonds. The quantitative estimate of drug-likeness (QED) is 0.409. The molecule has 0 atom stereocenters. The van der Waals surface area contributed by atoms with E-state index < -0.39 is 0 Å². The van der Waals surface area contributed by atoms with Gasteiger partial charge < -0.3 is 0 Å². The van der Waals surface area contributed by atoms with Gasteiger partial charge in [0.15, 0.2) is 0 Å². The fourth-order valence-electron chi connectivity index (χ4n) is 2.24. The van der Waals surface area contributed by atoms with Crippen LogP contribution in [0.25, 0.3) is 21.5 Å². The summed E-state index contributed by atoms with van der Waals surface area (Å²) in [5.41, 5.74) is 0. The molecule has 72 valence electrons. The molecule has 0 spiro atoms. The first-order chi connectivity index (χ1) is 7.36. The van der Waals surface area contributed by atoms with Gasteiger partial charge in [0.25, 0.3) is 0 Å². The molecular weight excluding hydrogens is 375 g/mol. The average molecular weight is 387 g/mol. The summed E-state index contributed by atoms with van der Waals surface area (Å²) in [6, 6.07) is 19.7. The second kappa shape index (κ2) is 3.60. The van der Waals surface area contributed by atoms with Crippen LogP contribution in [0, 0.1) is 0 Å². The molecule has 0 heterocycles. The van der Waals surface area contributed by atoms with Crippen molar-refractivity contribution in [1.82, 2.24) is 0 Å². The van der Waals surface area contributed by atoms with Gasteiger partial charge in [-0.15, -0.1) is 0 Å².